The summed E-state index contributed by atoms with van der Waals surface area (Å²) in [6, 6.07) is 13.9. The van der Waals surface area contributed by atoms with Gasteiger partial charge in [-0.15, -0.1) is 0 Å². The van der Waals surface area contributed by atoms with Crippen LogP contribution in [-0.2, 0) is 12.8 Å². The molecule has 5 heteroatoms. The van der Waals surface area contributed by atoms with Crippen LogP contribution < -0.4 is 0 Å². The quantitative estimate of drug-likeness (QED) is 0.760. The fraction of sp³-hybridized carbons (Fsp3) is 0.118. The summed E-state index contributed by atoms with van der Waals surface area (Å²) >= 11 is 0. The Balaban J connectivity index is 2.10. The minimum Gasteiger partial charge on any atom is -0.392 e. The van der Waals surface area contributed by atoms with Gasteiger partial charge in [0.2, 0.25) is 0 Å². The Kier molecular flexibility index (Phi) is 3.58. The molecule has 2 nitrogen and oxygen atoms in total. The summed E-state index contributed by atoms with van der Waals surface area (Å²) in [6.45, 7) is -0.156. The summed E-state index contributed by atoms with van der Waals surface area (Å²) in [7, 11) is 0. The molecule has 0 amide bonds. The zero-order valence-electron chi connectivity index (χ0n) is 11.4. The van der Waals surface area contributed by atoms with Crippen LogP contribution in [0.4, 0.5) is 13.2 Å². The number of fused-ring (bicyclic) bond motifs is 1. The number of aliphatic hydroxyl groups is 1. The third-order valence-electron chi connectivity index (χ3n) is 3.48. The molecule has 0 fully saturated rings. The third-order valence-corrected chi connectivity index (χ3v) is 3.48. The van der Waals surface area contributed by atoms with Gasteiger partial charge < -0.3 is 5.11 Å². The fourth-order valence-electron chi connectivity index (χ4n) is 2.36. The molecule has 0 radical (unpaired) electrons. The van der Waals surface area contributed by atoms with Crippen molar-refractivity contribution in [2.24, 2.45) is 0 Å². The Morgan fingerprint density at radius 1 is 0.955 bits per heavy atom. The van der Waals surface area contributed by atoms with Gasteiger partial charge >= 0.3 is 6.18 Å². The average Bonchev–Trinajstić information content (AvgIpc) is 2.53. The van der Waals surface area contributed by atoms with Gasteiger partial charge in [-0.1, -0.05) is 30.3 Å². The second-order valence-electron chi connectivity index (χ2n) is 4.92. The molecule has 1 aromatic heterocycles. The maximum atomic E-state index is 12.6. The lowest BCUT2D eigenvalue weighted by Gasteiger charge is -2.10. The summed E-state index contributed by atoms with van der Waals surface area (Å²) in [5.41, 5.74) is 1.81. The largest absolute Gasteiger partial charge is 0.416 e. The van der Waals surface area contributed by atoms with Gasteiger partial charge in [-0.3, -0.25) is 0 Å². The van der Waals surface area contributed by atoms with E-state index in [9.17, 15) is 18.3 Å². The van der Waals surface area contributed by atoms with Gasteiger partial charge in [-0.25, -0.2) is 4.98 Å². The summed E-state index contributed by atoms with van der Waals surface area (Å²) in [6.07, 6.45) is -4.36. The summed E-state index contributed by atoms with van der Waals surface area (Å²) in [5.74, 6) is 0. The molecule has 0 unspecified atom stereocenters. The Morgan fingerprint density at radius 3 is 2.27 bits per heavy atom. The van der Waals surface area contributed by atoms with E-state index in [1.54, 1.807) is 6.07 Å². The first-order valence-corrected chi connectivity index (χ1v) is 6.66. The van der Waals surface area contributed by atoms with E-state index in [0.29, 0.717) is 22.3 Å². The van der Waals surface area contributed by atoms with Crippen molar-refractivity contribution < 1.29 is 18.3 Å². The highest BCUT2D eigenvalue weighted by atomic mass is 19.4. The van der Waals surface area contributed by atoms with Crippen molar-refractivity contribution >= 4 is 10.9 Å². The van der Waals surface area contributed by atoms with Gasteiger partial charge in [-0.2, -0.15) is 13.2 Å². The lowest BCUT2D eigenvalue weighted by Crippen LogP contribution is -2.04. The fourth-order valence-corrected chi connectivity index (χ4v) is 2.36. The van der Waals surface area contributed by atoms with Gasteiger partial charge in [0.15, 0.2) is 0 Å². The molecule has 0 aliphatic carbocycles. The predicted molar refractivity (Wildman–Crippen MR) is 78.1 cm³/mol. The molecule has 22 heavy (non-hydrogen) atoms. The van der Waals surface area contributed by atoms with E-state index >= 15 is 0 Å². The molecule has 0 saturated carbocycles. The first-order valence-electron chi connectivity index (χ1n) is 6.66. The highest BCUT2D eigenvalue weighted by Crippen LogP contribution is 2.31. The van der Waals surface area contributed by atoms with Crippen molar-refractivity contribution in [3.63, 3.8) is 0 Å². The van der Waals surface area contributed by atoms with Crippen LogP contribution in [0.15, 0.2) is 54.6 Å². The number of benzene rings is 2. The maximum absolute atomic E-state index is 12.6. The third kappa shape index (κ3) is 2.67. The van der Waals surface area contributed by atoms with Crippen LogP contribution in [0.2, 0.25) is 0 Å². The van der Waals surface area contributed by atoms with E-state index in [1.165, 1.54) is 12.1 Å². The standard InChI is InChI=1S/C17H12F3NO/c18-17(19,20)13-7-5-11(6-8-13)16-9-12(10-22)14-3-1-2-4-15(14)21-16/h1-9,22H,10H2. The molecule has 0 bridgehead atoms. The monoisotopic (exact) mass is 303 g/mol. The first kappa shape index (κ1) is 14.5. The van der Waals surface area contributed by atoms with Gasteiger partial charge in [0.05, 0.1) is 23.4 Å². The van der Waals surface area contributed by atoms with Crippen LogP contribution in [0.3, 0.4) is 0 Å². The zero-order valence-corrected chi connectivity index (χ0v) is 11.4. The maximum Gasteiger partial charge on any atom is 0.416 e. The molecule has 112 valence electrons. The van der Waals surface area contributed by atoms with Crippen LogP contribution in [-0.4, -0.2) is 10.1 Å². The molecule has 0 saturated heterocycles. The minimum absolute atomic E-state index is 0.156. The number of halogens is 3. The molecular formula is C17H12F3NO. The number of pyridine rings is 1. The Bertz CT molecular complexity index is 810. The van der Waals surface area contributed by atoms with Crippen molar-refractivity contribution in [3.05, 3.63) is 65.7 Å². The molecule has 1 N–H and O–H groups in total. The van der Waals surface area contributed by atoms with Crippen molar-refractivity contribution in [3.8, 4) is 11.3 Å². The van der Waals surface area contributed by atoms with Gasteiger partial charge in [0, 0.05) is 10.9 Å². The van der Waals surface area contributed by atoms with E-state index in [-0.39, 0.29) is 6.61 Å². The van der Waals surface area contributed by atoms with Crippen LogP contribution in [0.5, 0.6) is 0 Å². The Labute approximate surface area is 124 Å². The number of nitrogens with zero attached hydrogens (tertiary/aromatic N) is 1. The lowest BCUT2D eigenvalue weighted by atomic mass is 10.0. The van der Waals surface area contributed by atoms with Crippen LogP contribution in [0.25, 0.3) is 22.2 Å². The molecule has 1 heterocycles. The van der Waals surface area contributed by atoms with Gasteiger partial charge in [0.1, 0.15) is 0 Å². The number of alkyl halides is 3. The summed E-state index contributed by atoms with van der Waals surface area (Å²) < 4.78 is 37.8. The molecule has 2 aromatic carbocycles. The molecule has 0 spiro atoms. The normalized spacial score (nSPS) is 11.8. The van der Waals surface area contributed by atoms with Gasteiger partial charge in [0.25, 0.3) is 0 Å². The van der Waals surface area contributed by atoms with Crippen molar-refractivity contribution in [2.45, 2.75) is 12.8 Å². The van der Waals surface area contributed by atoms with E-state index in [2.05, 4.69) is 4.98 Å². The number of rotatable bonds is 2. The Hall–Kier alpha value is -2.40. The van der Waals surface area contributed by atoms with Crippen LogP contribution >= 0.6 is 0 Å². The SMILES string of the molecule is OCc1cc(-c2ccc(C(F)(F)F)cc2)nc2ccccc12. The number of hydrogen-bond acceptors (Lipinski definition) is 2. The molecule has 0 aliphatic rings. The molecule has 3 rings (SSSR count). The number of aromatic nitrogens is 1. The summed E-state index contributed by atoms with van der Waals surface area (Å²) in [5, 5.41) is 10.3. The topological polar surface area (TPSA) is 33.1 Å². The highest BCUT2D eigenvalue weighted by molar-refractivity contribution is 5.85. The van der Waals surface area contributed by atoms with Crippen molar-refractivity contribution in [2.75, 3.05) is 0 Å². The lowest BCUT2D eigenvalue weighted by molar-refractivity contribution is -0.137. The van der Waals surface area contributed by atoms with Crippen LogP contribution in [0, 0.1) is 0 Å². The smallest absolute Gasteiger partial charge is 0.392 e. The van der Waals surface area contributed by atoms with Crippen molar-refractivity contribution in [1.29, 1.82) is 0 Å². The van der Waals surface area contributed by atoms with E-state index in [1.807, 2.05) is 24.3 Å². The number of hydrogen-bond donors (Lipinski definition) is 1. The van der Waals surface area contributed by atoms with E-state index < -0.39 is 11.7 Å². The van der Waals surface area contributed by atoms with E-state index in [4.69, 9.17) is 0 Å². The Morgan fingerprint density at radius 2 is 1.64 bits per heavy atom. The second-order valence-corrected chi connectivity index (χ2v) is 4.92. The van der Waals surface area contributed by atoms with E-state index in [0.717, 1.165) is 17.5 Å². The zero-order chi connectivity index (χ0) is 15.7. The molecule has 0 aliphatic heterocycles. The average molecular weight is 303 g/mol. The first-order chi connectivity index (χ1) is 10.5. The highest BCUT2D eigenvalue weighted by Gasteiger charge is 2.30. The molecule has 3 aromatic rings. The van der Waals surface area contributed by atoms with Gasteiger partial charge in [-0.05, 0) is 29.8 Å². The molecule has 0 atom stereocenters. The predicted octanol–water partition coefficient (Wildman–Crippen LogP) is 4.41. The van der Waals surface area contributed by atoms with Crippen molar-refractivity contribution in [1.82, 2.24) is 4.98 Å². The number of para-hydroxylation sites is 1. The number of aliphatic hydroxyl groups excluding tert-OH is 1. The molecular weight excluding hydrogens is 291 g/mol. The minimum atomic E-state index is -4.36. The second kappa shape index (κ2) is 5.42. The van der Waals surface area contributed by atoms with Crippen LogP contribution in [0.1, 0.15) is 11.1 Å². The summed E-state index contributed by atoms with van der Waals surface area (Å²) in [4.78, 5) is 4.45.